The molecule has 0 bridgehead atoms. The van der Waals surface area contributed by atoms with Gasteiger partial charge in [0.05, 0.1) is 6.61 Å². The average molecular weight is 464 g/mol. The predicted molar refractivity (Wildman–Crippen MR) is 109 cm³/mol. The van der Waals surface area contributed by atoms with Gasteiger partial charge in [-0.1, -0.05) is 0 Å². The van der Waals surface area contributed by atoms with Crippen LogP contribution in [0.1, 0.15) is 0 Å². The van der Waals surface area contributed by atoms with Crippen molar-refractivity contribution in [2.45, 2.75) is 30.7 Å². The number of benzene rings is 2. The summed E-state index contributed by atoms with van der Waals surface area (Å²) < 4.78 is 16.1. The van der Waals surface area contributed by atoms with Crippen molar-refractivity contribution in [3.05, 3.63) is 40.6 Å². The van der Waals surface area contributed by atoms with Crippen LogP contribution < -0.4 is 10.2 Å². The Bertz CT molecular complexity index is 1230. The van der Waals surface area contributed by atoms with Crippen LogP contribution in [-0.4, -0.2) is 78.2 Å². The summed E-state index contributed by atoms with van der Waals surface area (Å²) in [5.41, 5.74) is -1.17. The molecule has 0 amide bonds. The van der Waals surface area contributed by atoms with Gasteiger partial charge in [0.2, 0.25) is 23.2 Å². The lowest BCUT2D eigenvalue weighted by Gasteiger charge is -2.39. The van der Waals surface area contributed by atoms with Crippen LogP contribution >= 0.6 is 0 Å². The highest BCUT2D eigenvalue weighted by atomic mass is 16.7. The van der Waals surface area contributed by atoms with E-state index >= 15 is 0 Å². The number of aliphatic hydroxyl groups is 4. The quantitative estimate of drug-likeness (QED) is 0.229. The van der Waals surface area contributed by atoms with Gasteiger partial charge in [0, 0.05) is 11.6 Å². The fourth-order valence-electron chi connectivity index (χ4n) is 3.48. The van der Waals surface area contributed by atoms with E-state index in [1.165, 1.54) is 24.3 Å². The minimum Gasteiger partial charge on any atom is -0.508 e. The Hall–Kier alpha value is -3.55. The van der Waals surface area contributed by atoms with E-state index in [-0.39, 0.29) is 22.7 Å². The lowest BCUT2D eigenvalue weighted by molar-refractivity contribution is -0.277. The van der Waals surface area contributed by atoms with Crippen molar-refractivity contribution in [3.63, 3.8) is 0 Å². The molecule has 1 aliphatic heterocycles. The SMILES string of the molecule is O=c1c(O)c(-c2ccc(O)cc2)oc2cc(O[C@@H]3O[C@H](CO)[C@@H](O)[C@H](O)[C@H]3O)c(O)c(O)c12. The number of phenolic OH excluding ortho intramolecular Hbond substituents is 3. The first-order valence-corrected chi connectivity index (χ1v) is 9.65. The number of rotatable bonds is 4. The van der Waals surface area contributed by atoms with Gasteiger partial charge in [-0.15, -0.1) is 0 Å². The molecule has 0 radical (unpaired) electrons. The van der Waals surface area contributed by atoms with Crippen molar-refractivity contribution in [3.8, 4) is 40.1 Å². The van der Waals surface area contributed by atoms with Crippen LogP contribution in [0.15, 0.2) is 39.5 Å². The van der Waals surface area contributed by atoms with Crippen molar-refractivity contribution >= 4 is 11.0 Å². The Kier molecular flexibility index (Phi) is 5.78. The van der Waals surface area contributed by atoms with Gasteiger partial charge in [-0.05, 0) is 24.3 Å². The number of phenols is 3. The van der Waals surface area contributed by atoms with E-state index in [0.717, 1.165) is 6.07 Å². The highest BCUT2D eigenvalue weighted by Gasteiger charge is 2.45. The molecular formula is C21H20O12. The van der Waals surface area contributed by atoms with E-state index in [1.807, 2.05) is 0 Å². The van der Waals surface area contributed by atoms with E-state index < -0.39 is 71.1 Å². The summed E-state index contributed by atoms with van der Waals surface area (Å²) in [5, 5.41) is 79.0. The third-order valence-corrected chi connectivity index (χ3v) is 5.29. The van der Waals surface area contributed by atoms with Crippen LogP contribution in [0.2, 0.25) is 0 Å². The molecule has 8 N–H and O–H groups in total. The Labute approximate surface area is 184 Å². The van der Waals surface area contributed by atoms with Crippen LogP contribution in [0.3, 0.4) is 0 Å². The highest BCUT2D eigenvalue weighted by Crippen LogP contribution is 2.44. The number of ether oxygens (including phenoxy) is 2. The molecule has 1 aromatic heterocycles. The zero-order valence-electron chi connectivity index (χ0n) is 16.7. The van der Waals surface area contributed by atoms with Gasteiger partial charge >= 0.3 is 0 Å². The van der Waals surface area contributed by atoms with Crippen LogP contribution in [0.25, 0.3) is 22.3 Å². The topological polar surface area (TPSA) is 211 Å². The van der Waals surface area contributed by atoms with Gasteiger partial charge in [0.25, 0.3) is 0 Å². The van der Waals surface area contributed by atoms with Crippen molar-refractivity contribution in [1.29, 1.82) is 0 Å². The van der Waals surface area contributed by atoms with Gasteiger partial charge in [0.15, 0.2) is 17.3 Å². The van der Waals surface area contributed by atoms with E-state index in [2.05, 4.69) is 0 Å². The number of aliphatic hydroxyl groups excluding tert-OH is 4. The monoisotopic (exact) mass is 464 g/mol. The maximum Gasteiger partial charge on any atom is 0.238 e. The van der Waals surface area contributed by atoms with Crippen LogP contribution in [0, 0.1) is 0 Å². The molecule has 3 aromatic rings. The molecular weight excluding hydrogens is 444 g/mol. The molecule has 12 heteroatoms. The molecule has 2 aromatic carbocycles. The molecule has 5 atom stereocenters. The first-order chi connectivity index (χ1) is 15.6. The Morgan fingerprint density at radius 3 is 2.18 bits per heavy atom. The molecule has 2 heterocycles. The molecule has 12 nitrogen and oxygen atoms in total. The number of fused-ring (bicyclic) bond motifs is 1. The number of hydrogen-bond donors (Lipinski definition) is 8. The molecule has 0 unspecified atom stereocenters. The molecule has 1 aliphatic rings. The minimum absolute atomic E-state index is 0.0702. The van der Waals surface area contributed by atoms with Gasteiger partial charge < -0.3 is 54.7 Å². The molecule has 4 rings (SSSR count). The molecule has 176 valence electrons. The Morgan fingerprint density at radius 2 is 1.55 bits per heavy atom. The van der Waals surface area contributed by atoms with Crippen LogP contribution in [0.4, 0.5) is 0 Å². The average Bonchev–Trinajstić information content (AvgIpc) is 2.80. The summed E-state index contributed by atoms with van der Waals surface area (Å²) in [7, 11) is 0. The fraction of sp³-hybridized carbons (Fsp3) is 0.286. The second-order valence-electron chi connectivity index (χ2n) is 7.42. The van der Waals surface area contributed by atoms with Crippen molar-refractivity contribution < 1.29 is 54.7 Å². The number of hydrogen-bond acceptors (Lipinski definition) is 12. The Balaban J connectivity index is 1.80. The number of aromatic hydroxyl groups is 4. The fourth-order valence-corrected chi connectivity index (χ4v) is 3.48. The maximum absolute atomic E-state index is 12.7. The van der Waals surface area contributed by atoms with Gasteiger partial charge in [-0.2, -0.15) is 0 Å². The highest BCUT2D eigenvalue weighted by molar-refractivity contribution is 5.91. The lowest BCUT2D eigenvalue weighted by Crippen LogP contribution is -2.60. The Morgan fingerprint density at radius 1 is 0.879 bits per heavy atom. The molecule has 0 aliphatic carbocycles. The van der Waals surface area contributed by atoms with E-state index in [9.17, 15) is 45.6 Å². The van der Waals surface area contributed by atoms with Gasteiger partial charge in [-0.3, -0.25) is 4.79 Å². The summed E-state index contributed by atoms with van der Waals surface area (Å²) in [5.74, 6) is -3.70. The predicted octanol–water partition coefficient (Wildman–Crippen LogP) is -0.539. The second kappa shape index (κ2) is 8.42. The first kappa shape index (κ1) is 22.6. The standard InChI is InChI=1S/C21H20O12/c22-6-11-14(25)17(28)19(30)21(33-11)32-10-5-9-12(15(26)13(10)24)16(27)18(29)20(31-9)7-1-3-8(23)4-2-7/h1-5,11,14,17,19,21-26,28-30H,6H2/t11-,14-,17+,19-,21-/m1/s1. The molecule has 33 heavy (non-hydrogen) atoms. The van der Waals surface area contributed by atoms with E-state index in [4.69, 9.17) is 13.9 Å². The van der Waals surface area contributed by atoms with Gasteiger partial charge in [0.1, 0.15) is 41.1 Å². The summed E-state index contributed by atoms with van der Waals surface area (Å²) in [6, 6.07) is 6.30. The third-order valence-electron chi connectivity index (χ3n) is 5.29. The lowest BCUT2D eigenvalue weighted by atomic mass is 9.99. The normalized spacial score (nSPS) is 25.3. The molecule has 1 saturated heterocycles. The molecule has 0 saturated carbocycles. The third kappa shape index (κ3) is 3.79. The van der Waals surface area contributed by atoms with Crippen molar-refractivity contribution in [2.75, 3.05) is 6.61 Å². The van der Waals surface area contributed by atoms with Gasteiger partial charge in [-0.25, -0.2) is 0 Å². The summed E-state index contributed by atoms with van der Waals surface area (Å²) in [6.07, 6.45) is -8.19. The maximum atomic E-state index is 12.7. The largest absolute Gasteiger partial charge is 0.508 e. The van der Waals surface area contributed by atoms with Crippen LogP contribution in [0.5, 0.6) is 28.7 Å². The zero-order valence-corrected chi connectivity index (χ0v) is 16.7. The van der Waals surface area contributed by atoms with E-state index in [0.29, 0.717) is 0 Å². The zero-order chi connectivity index (χ0) is 24.0. The summed E-state index contributed by atoms with van der Waals surface area (Å²) in [6.45, 7) is -0.718. The first-order valence-electron chi connectivity index (χ1n) is 9.65. The van der Waals surface area contributed by atoms with E-state index in [1.54, 1.807) is 0 Å². The minimum atomic E-state index is -1.81. The summed E-state index contributed by atoms with van der Waals surface area (Å²) in [4.78, 5) is 12.7. The summed E-state index contributed by atoms with van der Waals surface area (Å²) >= 11 is 0. The molecule has 0 spiro atoms. The van der Waals surface area contributed by atoms with Crippen LogP contribution in [-0.2, 0) is 4.74 Å². The van der Waals surface area contributed by atoms with Crippen molar-refractivity contribution in [1.82, 2.24) is 0 Å². The smallest absolute Gasteiger partial charge is 0.238 e. The molecule has 1 fully saturated rings. The van der Waals surface area contributed by atoms with Crippen molar-refractivity contribution in [2.24, 2.45) is 0 Å². The second-order valence-corrected chi connectivity index (χ2v) is 7.42.